The van der Waals surface area contributed by atoms with Crippen LogP contribution in [0.4, 0.5) is 0 Å². The van der Waals surface area contributed by atoms with E-state index in [0.29, 0.717) is 0 Å². The smallest absolute Gasteiger partial charge is 0.327 e. The van der Waals surface area contributed by atoms with Crippen molar-refractivity contribution >= 4 is 29.6 Å². The number of amides is 4. The fourth-order valence-corrected chi connectivity index (χ4v) is 5.21. The molecular formula is C18H15N3O6. The first kappa shape index (κ1) is 17.3. The molecule has 0 aromatic rings. The molecule has 6 atom stereocenters. The van der Waals surface area contributed by atoms with Gasteiger partial charge in [0.1, 0.15) is 5.54 Å². The average molecular weight is 369 g/mol. The number of imide groups is 2. The van der Waals surface area contributed by atoms with Crippen LogP contribution in [0.25, 0.3) is 0 Å². The van der Waals surface area contributed by atoms with E-state index < -0.39 is 64.9 Å². The molecule has 9 heteroatoms. The SMILES string of the molecule is C#CCN1C(=O)C2[C@H](C1=O)C1NC2(C(=O)OC)C2C(=O)N(CC#C)C(=O)[C@@H]12. The molecule has 2 bridgehead atoms. The van der Waals surface area contributed by atoms with Crippen molar-refractivity contribution in [2.75, 3.05) is 20.2 Å². The fraction of sp³-hybridized carbons (Fsp3) is 0.500. The summed E-state index contributed by atoms with van der Waals surface area (Å²) in [5.41, 5.74) is -1.79. The monoisotopic (exact) mass is 369 g/mol. The number of methoxy groups -OCH3 is 1. The summed E-state index contributed by atoms with van der Waals surface area (Å²) in [4.78, 5) is 66.0. The first-order valence-electron chi connectivity index (χ1n) is 8.30. The zero-order valence-electron chi connectivity index (χ0n) is 14.3. The lowest BCUT2D eigenvalue weighted by Crippen LogP contribution is -2.60. The molecule has 0 aromatic heterocycles. The Kier molecular flexibility index (Phi) is 3.46. The zero-order valence-corrected chi connectivity index (χ0v) is 14.3. The number of likely N-dealkylation sites (tertiary alicyclic amines) is 2. The van der Waals surface area contributed by atoms with Crippen molar-refractivity contribution < 1.29 is 28.7 Å². The molecule has 0 spiro atoms. The summed E-state index contributed by atoms with van der Waals surface area (Å²) < 4.78 is 4.88. The molecular weight excluding hydrogens is 354 g/mol. The van der Waals surface area contributed by atoms with E-state index in [1.807, 2.05) is 0 Å². The minimum Gasteiger partial charge on any atom is -0.468 e. The number of hydrogen-bond donors (Lipinski definition) is 1. The quantitative estimate of drug-likeness (QED) is 0.328. The Bertz CT molecular complexity index is 836. The molecule has 4 heterocycles. The van der Waals surface area contributed by atoms with Gasteiger partial charge in [0.05, 0.1) is 43.9 Å². The second kappa shape index (κ2) is 5.41. The van der Waals surface area contributed by atoms with Crippen molar-refractivity contribution in [2.24, 2.45) is 23.7 Å². The summed E-state index contributed by atoms with van der Waals surface area (Å²) in [5, 5.41) is 2.93. The van der Waals surface area contributed by atoms with Gasteiger partial charge in [0.2, 0.25) is 23.6 Å². The van der Waals surface area contributed by atoms with Crippen LogP contribution in [0.5, 0.6) is 0 Å². The second-order valence-corrected chi connectivity index (χ2v) is 6.97. The summed E-state index contributed by atoms with van der Waals surface area (Å²) in [6.07, 6.45) is 10.5. The lowest BCUT2D eigenvalue weighted by molar-refractivity contribution is -0.159. The van der Waals surface area contributed by atoms with Crippen LogP contribution >= 0.6 is 0 Å². The van der Waals surface area contributed by atoms with Gasteiger partial charge in [-0.1, -0.05) is 11.8 Å². The number of carbonyl (C=O) groups is 5. The summed E-state index contributed by atoms with van der Waals surface area (Å²) in [6, 6.07) is -0.849. The van der Waals surface area contributed by atoms with Gasteiger partial charge in [-0.05, 0) is 0 Å². The van der Waals surface area contributed by atoms with E-state index in [1.165, 1.54) is 0 Å². The van der Waals surface area contributed by atoms with Crippen molar-refractivity contribution in [2.45, 2.75) is 11.6 Å². The maximum Gasteiger partial charge on any atom is 0.327 e. The van der Waals surface area contributed by atoms with E-state index in [9.17, 15) is 24.0 Å². The van der Waals surface area contributed by atoms with Crippen molar-refractivity contribution in [3.63, 3.8) is 0 Å². The molecule has 9 nitrogen and oxygen atoms in total. The molecule has 138 valence electrons. The molecule has 4 aliphatic rings. The largest absolute Gasteiger partial charge is 0.468 e. The Hall–Kier alpha value is -3.17. The molecule has 27 heavy (non-hydrogen) atoms. The molecule has 0 radical (unpaired) electrons. The van der Waals surface area contributed by atoms with Crippen molar-refractivity contribution in [1.82, 2.24) is 15.1 Å². The van der Waals surface area contributed by atoms with E-state index in [-0.39, 0.29) is 13.1 Å². The number of fused-ring (bicyclic) bond motifs is 8. The van der Waals surface area contributed by atoms with Crippen molar-refractivity contribution in [3.8, 4) is 24.7 Å². The van der Waals surface area contributed by atoms with Gasteiger partial charge in [0, 0.05) is 6.04 Å². The second-order valence-electron chi connectivity index (χ2n) is 6.97. The summed E-state index contributed by atoms with van der Waals surface area (Å²) >= 11 is 0. The van der Waals surface area contributed by atoms with Crippen LogP contribution in [0.1, 0.15) is 0 Å². The highest BCUT2D eigenvalue weighted by Gasteiger charge is 2.82. The Morgan fingerprint density at radius 2 is 1.44 bits per heavy atom. The fourth-order valence-electron chi connectivity index (χ4n) is 5.21. The first-order valence-corrected chi connectivity index (χ1v) is 8.30. The predicted molar refractivity (Wildman–Crippen MR) is 86.7 cm³/mol. The maximum atomic E-state index is 12.9. The highest BCUT2D eigenvalue weighted by molar-refractivity contribution is 6.16. The Morgan fingerprint density at radius 3 is 1.81 bits per heavy atom. The average Bonchev–Trinajstić information content (AvgIpc) is 3.32. The third-order valence-corrected chi connectivity index (χ3v) is 6.07. The van der Waals surface area contributed by atoms with Crippen molar-refractivity contribution in [3.05, 3.63) is 0 Å². The molecule has 4 unspecified atom stereocenters. The predicted octanol–water partition coefficient (Wildman–Crippen LogP) is -2.65. The molecule has 1 N–H and O–H groups in total. The third-order valence-electron chi connectivity index (χ3n) is 6.07. The van der Waals surface area contributed by atoms with Crippen LogP contribution in [-0.4, -0.2) is 71.2 Å². The Morgan fingerprint density at radius 1 is 1.00 bits per heavy atom. The summed E-state index contributed by atoms with van der Waals surface area (Å²) in [5.74, 6) is -3.01. The summed E-state index contributed by atoms with van der Waals surface area (Å²) in [7, 11) is 1.12. The molecule has 4 saturated heterocycles. The van der Waals surface area contributed by atoms with Gasteiger partial charge in [-0.3, -0.25) is 39.1 Å². The number of terminal acetylenes is 2. The first-order chi connectivity index (χ1) is 12.9. The molecule has 4 rings (SSSR count). The van der Waals surface area contributed by atoms with E-state index in [4.69, 9.17) is 17.6 Å². The van der Waals surface area contributed by atoms with Crippen LogP contribution < -0.4 is 5.32 Å². The maximum absolute atomic E-state index is 12.9. The van der Waals surface area contributed by atoms with E-state index in [2.05, 4.69) is 17.2 Å². The van der Waals surface area contributed by atoms with Crippen LogP contribution in [-0.2, 0) is 28.7 Å². The zero-order chi connectivity index (χ0) is 19.7. The highest BCUT2D eigenvalue weighted by atomic mass is 16.5. The van der Waals surface area contributed by atoms with Crippen molar-refractivity contribution in [1.29, 1.82) is 0 Å². The summed E-state index contributed by atoms with van der Waals surface area (Å²) in [6.45, 7) is -0.482. The Balaban J connectivity index is 1.87. The minimum atomic E-state index is -1.79. The molecule has 0 aliphatic carbocycles. The van der Waals surface area contributed by atoms with Gasteiger partial charge in [-0.25, -0.2) is 0 Å². The van der Waals surface area contributed by atoms with Crippen LogP contribution in [0, 0.1) is 48.4 Å². The van der Waals surface area contributed by atoms with E-state index in [0.717, 1.165) is 16.9 Å². The van der Waals surface area contributed by atoms with Crippen LogP contribution in [0.2, 0.25) is 0 Å². The number of ether oxygens (including phenoxy) is 1. The molecule has 4 amide bonds. The molecule has 0 saturated carbocycles. The van der Waals surface area contributed by atoms with Gasteiger partial charge >= 0.3 is 5.97 Å². The number of nitrogens with one attached hydrogen (secondary N) is 1. The minimum absolute atomic E-state index is 0.241. The standard InChI is InChI=1S/C18H15N3O6/c1-4-6-20-13(22)8-10(15(20)24)18(17(26)27-3)11-9(12(8)19-18)14(23)21(7-5-2)16(11)25/h1-2,8-12,19H,6-7H2,3H3/t8-,9+,10?,11?,12?,18?. The number of rotatable bonds is 3. The number of esters is 1. The van der Waals surface area contributed by atoms with Gasteiger partial charge in [-0.2, -0.15) is 0 Å². The van der Waals surface area contributed by atoms with Gasteiger partial charge in [0.15, 0.2) is 0 Å². The lowest BCUT2D eigenvalue weighted by atomic mass is 9.63. The van der Waals surface area contributed by atoms with Crippen LogP contribution in [0.15, 0.2) is 0 Å². The topological polar surface area (TPSA) is 113 Å². The number of hydrogen-bond acceptors (Lipinski definition) is 7. The molecule has 4 fully saturated rings. The highest BCUT2D eigenvalue weighted by Crippen LogP contribution is 2.59. The third kappa shape index (κ3) is 1.72. The van der Waals surface area contributed by atoms with E-state index >= 15 is 0 Å². The number of carbonyl (C=O) groups excluding carboxylic acids is 5. The lowest BCUT2D eigenvalue weighted by Gasteiger charge is -2.35. The van der Waals surface area contributed by atoms with Gasteiger partial charge in [-0.15, -0.1) is 12.8 Å². The van der Waals surface area contributed by atoms with Gasteiger partial charge < -0.3 is 4.74 Å². The normalized spacial score (nSPS) is 38.7. The van der Waals surface area contributed by atoms with E-state index in [1.54, 1.807) is 0 Å². The molecule has 0 aromatic carbocycles. The molecule has 4 aliphatic heterocycles. The van der Waals surface area contributed by atoms with Gasteiger partial charge in [0.25, 0.3) is 0 Å². The number of nitrogens with zero attached hydrogens (tertiary/aromatic N) is 2. The Labute approximate surface area is 154 Å². The van der Waals surface area contributed by atoms with Crippen LogP contribution in [0.3, 0.4) is 0 Å².